The second kappa shape index (κ2) is 5.50. The molecule has 1 aliphatic carbocycles. The molecule has 0 aromatic heterocycles. The molecule has 0 spiro atoms. The van der Waals surface area contributed by atoms with E-state index in [1.165, 1.54) is 44.9 Å². The van der Waals surface area contributed by atoms with Gasteiger partial charge in [0.25, 0.3) is 0 Å². The van der Waals surface area contributed by atoms with Crippen molar-refractivity contribution in [3.05, 3.63) is 0 Å². The van der Waals surface area contributed by atoms with Gasteiger partial charge in [-0.3, -0.25) is 5.32 Å². The van der Waals surface area contributed by atoms with Crippen molar-refractivity contribution in [3.8, 4) is 0 Å². The van der Waals surface area contributed by atoms with Crippen molar-refractivity contribution in [1.82, 2.24) is 5.32 Å². The smallest absolute Gasteiger partial charge is 0.122 e. The van der Waals surface area contributed by atoms with E-state index in [0.29, 0.717) is 6.10 Å². The summed E-state index contributed by atoms with van der Waals surface area (Å²) in [7, 11) is 0. The van der Waals surface area contributed by atoms with Gasteiger partial charge >= 0.3 is 0 Å². The molecular formula is C16H31NO. The van der Waals surface area contributed by atoms with Crippen LogP contribution < -0.4 is 5.32 Å². The maximum atomic E-state index is 6.48. The molecule has 1 saturated carbocycles. The van der Waals surface area contributed by atoms with Gasteiger partial charge in [-0.05, 0) is 52.9 Å². The third-order valence-electron chi connectivity index (χ3n) is 4.68. The summed E-state index contributed by atoms with van der Waals surface area (Å²) in [5.74, 6) is 0.728. The molecule has 1 saturated heterocycles. The van der Waals surface area contributed by atoms with Gasteiger partial charge in [0, 0.05) is 11.5 Å². The minimum absolute atomic E-state index is 0.0341. The summed E-state index contributed by atoms with van der Waals surface area (Å²) in [6.07, 6.45) is 10.7. The van der Waals surface area contributed by atoms with Crippen molar-refractivity contribution in [2.75, 3.05) is 0 Å². The van der Waals surface area contributed by atoms with Crippen LogP contribution in [0.3, 0.4) is 0 Å². The number of nitrogens with one attached hydrogen (secondary N) is 1. The first-order chi connectivity index (χ1) is 8.47. The van der Waals surface area contributed by atoms with Gasteiger partial charge < -0.3 is 4.74 Å². The average Bonchev–Trinajstić information content (AvgIpc) is 2.77. The lowest BCUT2D eigenvalue weighted by atomic mass is 9.82. The predicted octanol–water partition coefficient (Wildman–Crippen LogP) is 4.24. The molecule has 2 atom stereocenters. The van der Waals surface area contributed by atoms with Gasteiger partial charge in [-0.15, -0.1) is 0 Å². The summed E-state index contributed by atoms with van der Waals surface area (Å²) in [5, 5.41) is 3.89. The van der Waals surface area contributed by atoms with E-state index >= 15 is 0 Å². The van der Waals surface area contributed by atoms with Gasteiger partial charge in [0.15, 0.2) is 0 Å². The van der Waals surface area contributed by atoms with Crippen LogP contribution in [0.5, 0.6) is 0 Å². The van der Waals surface area contributed by atoms with Gasteiger partial charge in [0.1, 0.15) is 5.72 Å². The standard InChI is InChI=1S/C16H31NO/c1-5-6-11-16(14-9-7-8-10-14)17-15(3,4)12-13(2)18-16/h13-14,17H,5-12H2,1-4H3. The van der Waals surface area contributed by atoms with E-state index in [4.69, 9.17) is 4.74 Å². The van der Waals surface area contributed by atoms with Crippen LogP contribution in [0.2, 0.25) is 0 Å². The highest BCUT2D eigenvalue weighted by Crippen LogP contribution is 2.43. The fourth-order valence-corrected chi connectivity index (χ4v) is 4.13. The molecular weight excluding hydrogens is 222 g/mol. The van der Waals surface area contributed by atoms with Gasteiger partial charge in [0.05, 0.1) is 6.10 Å². The van der Waals surface area contributed by atoms with Crippen LogP contribution >= 0.6 is 0 Å². The second-order valence-electron chi connectivity index (χ2n) is 7.12. The van der Waals surface area contributed by atoms with Gasteiger partial charge in [-0.1, -0.05) is 26.2 Å². The average molecular weight is 253 g/mol. The van der Waals surface area contributed by atoms with Crippen molar-refractivity contribution in [3.63, 3.8) is 0 Å². The van der Waals surface area contributed by atoms with E-state index in [1.54, 1.807) is 0 Å². The van der Waals surface area contributed by atoms with Crippen LogP contribution in [0.15, 0.2) is 0 Å². The second-order valence-corrected chi connectivity index (χ2v) is 7.12. The van der Waals surface area contributed by atoms with Crippen molar-refractivity contribution < 1.29 is 4.74 Å². The summed E-state index contributed by atoms with van der Waals surface area (Å²) in [5.41, 5.74) is 0.182. The molecule has 1 heterocycles. The van der Waals surface area contributed by atoms with Gasteiger partial charge in [-0.2, -0.15) is 0 Å². The quantitative estimate of drug-likeness (QED) is 0.809. The summed E-state index contributed by atoms with van der Waals surface area (Å²) in [6, 6.07) is 0. The Morgan fingerprint density at radius 2 is 1.89 bits per heavy atom. The fourth-order valence-electron chi connectivity index (χ4n) is 4.13. The molecule has 18 heavy (non-hydrogen) atoms. The first-order valence-corrected chi connectivity index (χ1v) is 7.94. The van der Waals surface area contributed by atoms with E-state index in [0.717, 1.165) is 12.3 Å². The molecule has 0 radical (unpaired) electrons. The van der Waals surface area contributed by atoms with E-state index in [2.05, 4.69) is 33.0 Å². The number of unbranched alkanes of at least 4 members (excludes halogenated alkanes) is 1. The minimum Gasteiger partial charge on any atom is -0.357 e. The summed E-state index contributed by atoms with van der Waals surface area (Å²) >= 11 is 0. The lowest BCUT2D eigenvalue weighted by molar-refractivity contribution is -0.197. The zero-order chi connectivity index (χ0) is 13.2. The number of hydrogen-bond donors (Lipinski definition) is 1. The molecule has 106 valence electrons. The van der Waals surface area contributed by atoms with Gasteiger partial charge in [0.2, 0.25) is 0 Å². The van der Waals surface area contributed by atoms with Crippen LogP contribution in [0.1, 0.15) is 79.1 Å². The van der Waals surface area contributed by atoms with E-state index in [1.807, 2.05) is 0 Å². The largest absolute Gasteiger partial charge is 0.357 e. The van der Waals surface area contributed by atoms with Crippen molar-refractivity contribution >= 4 is 0 Å². The topological polar surface area (TPSA) is 21.3 Å². The molecule has 1 aliphatic heterocycles. The fraction of sp³-hybridized carbons (Fsp3) is 1.00. The first-order valence-electron chi connectivity index (χ1n) is 7.94. The van der Waals surface area contributed by atoms with Crippen LogP contribution in [-0.4, -0.2) is 17.4 Å². The van der Waals surface area contributed by atoms with Crippen LogP contribution in [0.4, 0.5) is 0 Å². The molecule has 2 unspecified atom stereocenters. The zero-order valence-corrected chi connectivity index (χ0v) is 12.7. The predicted molar refractivity (Wildman–Crippen MR) is 76.6 cm³/mol. The first kappa shape index (κ1) is 14.3. The Balaban J connectivity index is 2.17. The lowest BCUT2D eigenvalue weighted by Crippen LogP contribution is -2.66. The molecule has 1 N–H and O–H groups in total. The van der Waals surface area contributed by atoms with Crippen LogP contribution in [0.25, 0.3) is 0 Å². The van der Waals surface area contributed by atoms with Crippen LogP contribution in [-0.2, 0) is 4.74 Å². The minimum atomic E-state index is -0.0341. The molecule has 0 aromatic rings. The molecule has 2 aliphatic rings. The molecule has 0 amide bonds. The molecule has 2 rings (SSSR count). The lowest BCUT2D eigenvalue weighted by Gasteiger charge is -2.52. The molecule has 2 heteroatoms. The summed E-state index contributed by atoms with van der Waals surface area (Å²) in [6.45, 7) is 9.20. The molecule has 0 aromatic carbocycles. The highest BCUT2D eigenvalue weighted by molar-refractivity contribution is 4.99. The normalized spacial score (nSPS) is 37.0. The summed E-state index contributed by atoms with van der Waals surface area (Å²) in [4.78, 5) is 0. The third-order valence-corrected chi connectivity index (χ3v) is 4.68. The Hall–Kier alpha value is -0.0800. The summed E-state index contributed by atoms with van der Waals surface area (Å²) < 4.78 is 6.48. The number of hydrogen-bond acceptors (Lipinski definition) is 2. The molecule has 2 fully saturated rings. The zero-order valence-electron chi connectivity index (χ0n) is 12.7. The molecule has 0 bridgehead atoms. The van der Waals surface area contributed by atoms with E-state index in [-0.39, 0.29) is 11.3 Å². The van der Waals surface area contributed by atoms with Gasteiger partial charge in [-0.25, -0.2) is 0 Å². The highest BCUT2D eigenvalue weighted by Gasteiger charge is 2.48. The monoisotopic (exact) mass is 253 g/mol. The SMILES string of the molecule is CCCCC1(C2CCCC2)NC(C)(C)CC(C)O1. The third kappa shape index (κ3) is 3.08. The molecule has 2 nitrogen and oxygen atoms in total. The van der Waals surface area contributed by atoms with Crippen molar-refractivity contribution in [1.29, 1.82) is 0 Å². The Kier molecular flexibility index (Phi) is 4.38. The highest BCUT2D eigenvalue weighted by atomic mass is 16.5. The number of rotatable bonds is 4. The maximum absolute atomic E-state index is 6.48. The van der Waals surface area contributed by atoms with Crippen molar-refractivity contribution in [2.24, 2.45) is 5.92 Å². The maximum Gasteiger partial charge on any atom is 0.122 e. The Labute approximate surface area is 113 Å². The van der Waals surface area contributed by atoms with E-state index < -0.39 is 0 Å². The van der Waals surface area contributed by atoms with E-state index in [9.17, 15) is 0 Å². The van der Waals surface area contributed by atoms with Crippen molar-refractivity contribution in [2.45, 2.75) is 96.4 Å². The van der Waals surface area contributed by atoms with Crippen LogP contribution in [0, 0.1) is 5.92 Å². The Bertz CT molecular complexity index is 270. The Morgan fingerprint density at radius 1 is 1.22 bits per heavy atom. The number of ether oxygens (including phenoxy) is 1. The Morgan fingerprint density at radius 3 is 2.44 bits per heavy atom.